The summed E-state index contributed by atoms with van der Waals surface area (Å²) in [6.45, 7) is 3.18. The summed E-state index contributed by atoms with van der Waals surface area (Å²) in [5.41, 5.74) is 0.409. The largest absolute Gasteiger partial charge is 0.479 e. The van der Waals surface area contributed by atoms with Crippen molar-refractivity contribution in [1.29, 1.82) is 0 Å². The molecule has 0 unspecified atom stereocenters. The first-order valence-electron chi connectivity index (χ1n) is 5.33. The maximum atomic E-state index is 11.3. The average Bonchev–Trinajstić information content (AvgIpc) is 2.79. The second-order valence-electron chi connectivity index (χ2n) is 4.40. The molecule has 1 aromatic carbocycles. The van der Waals surface area contributed by atoms with Crippen LogP contribution in [0.15, 0.2) is 34.9 Å². The normalized spacial score (nSPS) is 11.5. The van der Waals surface area contributed by atoms with Crippen LogP contribution in [0.4, 0.5) is 0 Å². The van der Waals surface area contributed by atoms with Crippen LogP contribution in [-0.4, -0.2) is 26.1 Å². The highest BCUT2D eigenvalue weighted by Gasteiger charge is 2.32. The Morgan fingerprint density at radius 1 is 1.33 bits per heavy atom. The molecule has 0 radical (unpaired) electrons. The van der Waals surface area contributed by atoms with Crippen molar-refractivity contribution in [3.8, 4) is 11.3 Å². The molecular weight excluding hydrogens is 298 g/mol. The Balaban J connectivity index is 2.52. The standard InChI is InChI=1S/C12H12BrN3O2/c1-12(2,11(17)18)16-10(7-14-15-16)8-3-5-9(13)6-4-8/h3-7H,1-2H3,(H,17,18). The van der Waals surface area contributed by atoms with Crippen LogP contribution in [0.5, 0.6) is 0 Å². The summed E-state index contributed by atoms with van der Waals surface area (Å²) in [4.78, 5) is 11.3. The van der Waals surface area contributed by atoms with Gasteiger partial charge in [-0.2, -0.15) is 0 Å². The van der Waals surface area contributed by atoms with Gasteiger partial charge in [0.2, 0.25) is 0 Å². The molecule has 1 N–H and O–H groups in total. The van der Waals surface area contributed by atoms with Crippen molar-refractivity contribution in [2.75, 3.05) is 0 Å². The molecule has 18 heavy (non-hydrogen) atoms. The number of hydrogen-bond donors (Lipinski definition) is 1. The van der Waals surface area contributed by atoms with E-state index >= 15 is 0 Å². The van der Waals surface area contributed by atoms with Crippen molar-refractivity contribution in [3.63, 3.8) is 0 Å². The predicted octanol–water partition coefficient (Wildman–Crippen LogP) is 2.53. The fourth-order valence-electron chi connectivity index (χ4n) is 1.56. The van der Waals surface area contributed by atoms with Gasteiger partial charge in [0, 0.05) is 10.0 Å². The minimum Gasteiger partial charge on any atom is -0.479 e. The molecule has 0 aliphatic carbocycles. The number of hydrogen-bond acceptors (Lipinski definition) is 3. The van der Waals surface area contributed by atoms with E-state index in [0.29, 0.717) is 5.69 Å². The van der Waals surface area contributed by atoms with Crippen molar-refractivity contribution in [1.82, 2.24) is 15.0 Å². The quantitative estimate of drug-likeness (QED) is 0.946. The molecule has 0 aliphatic rings. The number of aliphatic carboxylic acids is 1. The Morgan fingerprint density at radius 3 is 2.50 bits per heavy atom. The van der Waals surface area contributed by atoms with Crippen molar-refractivity contribution >= 4 is 21.9 Å². The van der Waals surface area contributed by atoms with Crippen LogP contribution in [0.2, 0.25) is 0 Å². The van der Waals surface area contributed by atoms with Gasteiger partial charge in [0.05, 0.1) is 11.9 Å². The molecule has 0 saturated heterocycles. The Labute approximate surface area is 113 Å². The number of aromatic nitrogens is 3. The average molecular weight is 310 g/mol. The summed E-state index contributed by atoms with van der Waals surface area (Å²) in [6.07, 6.45) is 1.56. The lowest BCUT2D eigenvalue weighted by atomic mass is 10.0. The molecule has 1 aromatic heterocycles. The number of carboxylic acid groups (broad SMARTS) is 1. The van der Waals surface area contributed by atoms with E-state index < -0.39 is 11.5 Å². The van der Waals surface area contributed by atoms with Crippen LogP contribution < -0.4 is 0 Å². The number of carboxylic acids is 1. The highest BCUT2D eigenvalue weighted by molar-refractivity contribution is 9.10. The van der Waals surface area contributed by atoms with E-state index in [1.165, 1.54) is 4.68 Å². The van der Waals surface area contributed by atoms with Crippen LogP contribution in [0, 0.1) is 0 Å². The highest BCUT2D eigenvalue weighted by Crippen LogP contribution is 2.25. The van der Waals surface area contributed by atoms with Gasteiger partial charge in [-0.05, 0) is 26.0 Å². The number of benzene rings is 1. The lowest BCUT2D eigenvalue weighted by Gasteiger charge is -2.21. The van der Waals surface area contributed by atoms with Gasteiger partial charge < -0.3 is 5.11 Å². The molecule has 6 heteroatoms. The maximum Gasteiger partial charge on any atom is 0.331 e. The topological polar surface area (TPSA) is 68.0 Å². The Morgan fingerprint density at radius 2 is 1.94 bits per heavy atom. The van der Waals surface area contributed by atoms with Gasteiger partial charge in [-0.15, -0.1) is 5.10 Å². The summed E-state index contributed by atoms with van der Waals surface area (Å²) in [6, 6.07) is 7.55. The lowest BCUT2D eigenvalue weighted by Crippen LogP contribution is -2.37. The summed E-state index contributed by atoms with van der Waals surface area (Å²) < 4.78 is 2.38. The predicted molar refractivity (Wildman–Crippen MR) is 70.1 cm³/mol. The van der Waals surface area contributed by atoms with E-state index in [0.717, 1.165) is 10.0 Å². The van der Waals surface area contributed by atoms with Crippen LogP contribution in [0.1, 0.15) is 13.8 Å². The molecular formula is C12H12BrN3O2. The zero-order valence-corrected chi connectivity index (χ0v) is 11.5. The van der Waals surface area contributed by atoms with Gasteiger partial charge in [0.15, 0.2) is 5.54 Å². The molecule has 0 aliphatic heterocycles. The summed E-state index contributed by atoms with van der Waals surface area (Å²) in [5, 5.41) is 16.9. The Hall–Kier alpha value is -1.69. The first-order chi connectivity index (χ1) is 8.43. The second kappa shape index (κ2) is 4.53. The van der Waals surface area contributed by atoms with Crippen LogP contribution in [0.3, 0.4) is 0 Å². The van der Waals surface area contributed by atoms with Crippen molar-refractivity contribution in [3.05, 3.63) is 34.9 Å². The molecule has 5 nitrogen and oxygen atoms in total. The number of rotatable bonds is 3. The van der Waals surface area contributed by atoms with Crippen LogP contribution in [-0.2, 0) is 10.3 Å². The van der Waals surface area contributed by atoms with E-state index in [-0.39, 0.29) is 0 Å². The van der Waals surface area contributed by atoms with Crippen molar-refractivity contribution in [2.45, 2.75) is 19.4 Å². The van der Waals surface area contributed by atoms with Gasteiger partial charge in [-0.25, -0.2) is 9.48 Å². The summed E-state index contributed by atoms with van der Waals surface area (Å²) >= 11 is 3.36. The van der Waals surface area contributed by atoms with E-state index in [1.54, 1.807) is 20.0 Å². The molecule has 0 bridgehead atoms. The zero-order valence-electron chi connectivity index (χ0n) is 9.96. The monoisotopic (exact) mass is 309 g/mol. The van der Waals surface area contributed by atoms with Crippen molar-refractivity contribution < 1.29 is 9.90 Å². The number of nitrogens with zero attached hydrogens (tertiary/aromatic N) is 3. The Bertz CT molecular complexity index is 575. The molecule has 0 spiro atoms. The van der Waals surface area contributed by atoms with Crippen LogP contribution >= 0.6 is 15.9 Å². The van der Waals surface area contributed by atoms with Gasteiger partial charge in [-0.3, -0.25) is 0 Å². The SMILES string of the molecule is CC(C)(C(=O)O)n1nncc1-c1ccc(Br)cc1. The molecule has 0 atom stereocenters. The van der Waals surface area contributed by atoms with Gasteiger partial charge in [0.25, 0.3) is 0 Å². The zero-order chi connectivity index (χ0) is 13.3. The molecule has 0 fully saturated rings. The second-order valence-corrected chi connectivity index (χ2v) is 5.32. The maximum absolute atomic E-state index is 11.3. The van der Waals surface area contributed by atoms with Crippen molar-refractivity contribution in [2.24, 2.45) is 0 Å². The van der Waals surface area contributed by atoms with E-state index in [1.807, 2.05) is 24.3 Å². The third-order valence-electron chi connectivity index (χ3n) is 2.74. The molecule has 0 amide bonds. The van der Waals surface area contributed by atoms with Gasteiger partial charge in [0.1, 0.15) is 0 Å². The number of carbonyl (C=O) groups is 1. The first kappa shape index (κ1) is 12.8. The molecule has 2 aromatic rings. The first-order valence-corrected chi connectivity index (χ1v) is 6.13. The summed E-state index contributed by atoms with van der Waals surface area (Å²) in [7, 11) is 0. The fourth-order valence-corrected chi connectivity index (χ4v) is 1.82. The fraction of sp³-hybridized carbons (Fsp3) is 0.250. The van der Waals surface area contributed by atoms with Gasteiger partial charge in [-0.1, -0.05) is 33.3 Å². The third kappa shape index (κ3) is 2.15. The Kier molecular flexibility index (Phi) is 3.21. The van der Waals surface area contributed by atoms with E-state index in [2.05, 4.69) is 26.2 Å². The number of halogens is 1. The molecule has 1 heterocycles. The minimum absolute atomic E-state index is 0.676. The highest BCUT2D eigenvalue weighted by atomic mass is 79.9. The minimum atomic E-state index is -1.14. The van der Waals surface area contributed by atoms with E-state index in [9.17, 15) is 9.90 Å². The molecule has 94 valence electrons. The van der Waals surface area contributed by atoms with Crippen LogP contribution in [0.25, 0.3) is 11.3 Å². The van der Waals surface area contributed by atoms with Gasteiger partial charge >= 0.3 is 5.97 Å². The smallest absolute Gasteiger partial charge is 0.331 e. The summed E-state index contributed by atoms with van der Waals surface area (Å²) in [5.74, 6) is -0.952. The van der Waals surface area contributed by atoms with E-state index in [4.69, 9.17) is 0 Å². The third-order valence-corrected chi connectivity index (χ3v) is 3.27. The lowest BCUT2D eigenvalue weighted by molar-refractivity contribution is -0.146. The molecule has 0 saturated carbocycles. The molecule has 2 rings (SSSR count).